The average molecular weight is 347 g/mol. The Balaban J connectivity index is 1.79. The van der Waals surface area contributed by atoms with Gasteiger partial charge in [-0.05, 0) is 55.8 Å². The molecular weight excluding hydrogens is 322 g/mol. The van der Waals surface area contributed by atoms with Gasteiger partial charge in [-0.15, -0.1) is 0 Å². The molecule has 1 aliphatic heterocycles. The zero-order chi connectivity index (χ0) is 18.5. The van der Waals surface area contributed by atoms with E-state index in [1.165, 1.54) is 12.8 Å². The second-order valence-corrected chi connectivity index (χ2v) is 7.05. The smallest absolute Gasteiger partial charge is 0.253 e. The third-order valence-corrected chi connectivity index (χ3v) is 5.22. The molecular formula is C22H25N3O. The highest BCUT2D eigenvalue weighted by atomic mass is 16.2. The van der Waals surface area contributed by atoms with E-state index >= 15 is 0 Å². The Bertz CT molecular complexity index is 824. The minimum atomic E-state index is 0.0280. The summed E-state index contributed by atoms with van der Waals surface area (Å²) in [6.07, 6.45) is 3.62. The zero-order valence-corrected chi connectivity index (χ0v) is 15.5. The highest BCUT2D eigenvalue weighted by Crippen LogP contribution is 2.25. The molecule has 0 aromatic heterocycles. The summed E-state index contributed by atoms with van der Waals surface area (Å²) < 4.78 is 0. The van der Waals surface area contributed by atoms with Gasteiger partial charge in [-0.1, -0.05) is 36.8 Å². The van der Waals surface area contributed by atoms with Crippen molar-refractivity contribution in [2.75, 3.05) is 27.2 Å². The first-order valence-corrected chi connectivity index (χ1v) is 9.15. The predicted octanol–water partition coefficient (Wildman–Crippen LogP) is 3.78. The molecule has 4 heteroatoms. The number of amides is 1. The van der Waals surface area contributed by atoms with Gasteiger partial charge in [-0.2, -0.15) is 5.26 Å². The molecule has 0 N–H and O–H groups in total. The lowest BCUT2D eigenvalue weighted by Gasteiger charge is -2.35. The van der Waals surface area contributed by atoms with Gasteiger partial charge in [-0.3, -0.25) is 4.79 Å². The zero-order valence-electron chi connectivity index (χ0n) is 15.5. The van der Waals surface area contributed by atoms with Gasteiger partial charge >= 0.3 is 0 Å². The van der Waals surface area contributed by atoms with Crippen LogP contribution in [0.1, 0.15) is 35.2 Å². The number of benzene rings is 2. The number of carbonyl (C=O) groups is 1. The molecule has 0 aliphatic carbocycles. The number of nitriles is 1. The molecule has 1 fully saturated rings. The first-order chi connectivity index (χ1) is 12.6. The fourth-order valence-electron chi connectivity index (χ4n) is 3.65. The second kappa shape index (κ2) is 8.16. The van der Waals surface area contributed by atoms with Gasteiger partial charge < -0.3 is 9.80 Å². The minimum absolute atomic E-state index is 0.0280. The molecule has 1 atom stereocenters. The normalized spacial score (nSPS) is 17.5. The van der Waals surface area contributed by atoms with Crippen molar-refractivity contribution in [1.29, 1.82) is 5.26 Å². The maximum Gasteiger partial charge on any atom is 0.253 e. The molecule has 2 aromatic carbocycles. The fraction of sp³-hybridized carbons (Fsp3) is 0.364. The number of likely N-dealkylation sites (N-methyl/N-ethyl adjacent to an activating group) is 2. The van der Waals surface area contributed by atoms with Crippen LogP contribution in [0, 0.1) is 11.3 Å². The molecule has 1 heterocycles. The van der Waals surface area contributed by atoms with Crippen LogP contribution >= 0.6 is 0 Å². The van der Waals surface area contributed by atoms with Gasteiger partial charge in [0, 0.05) is 25.2 Å². The van der Waals surface area contributed by atoms with E-state index < -0.39 is 0 Å². The van der Waals surface area contributed by atoms with Crippen LogP contribution in [0.2, 0.25) is 0 Å². The molecule has 3 rings (SSSR count). The third-order valence-electron chi connectivity index (χ3n) is 5.22. The molecule has 1 unspecified atom stereocenters. The summed E-state index contributed by atoms with van der Waals surface area (Å²) in [4.78, 5) is 17.1. The predicted molar refractivity (Wildman–Crippen MR) is 104 cm³/mol. The summed E-state index contributed by atoms with van der Waals surface area (Å²) in [5, 5.41) is 9.32. The van der Waals surface area contributed by atoms with Crippen molar-refractivity contribution in [2.24, 2.45) is 0 Å². The van der Waals surface area contributed by atoms with Gasteiger partial charge in [-0.25, -0.2) is 0 Å². The maximum atomic E-state index is 12.9. The number of nitrogens with zero attached hydrogens (tertiary/aromatic N) is 3. The van der Waals surface area contributed by atoms with E-state index in [0.717, 1.165) is 30.6 Å². The average Bonchev–Trinajstić information content (AvgIpc) is 2.69. The van der Waals surface area contributed by atoms with Crippen LogP contribution in [0.4, 0.5) is 0 Å². The molecule has 0 spiro atoms. The number of piperidine rings is 1. The monoisotopic (exact) mass is 347 g/mol. The van der Waals surface area contributed by atoms with Crippen molar-refractivity contribution in [3.63, 3.8) is 0 Å². The molecule has 0 bridgehead atoms. The molecule has 1 saturated heterocycles. The summed E-state index contributed by atoms with van der Waals surface area (Å²) in [6, 6.07) is 17.7. The Kier molecular flexibility index (Phi) is 5.70. The lowest BCUT2D eigenvalue weighted by molar-refractivity contribution is 0.0717. The lowest BCUT2D eigenvalue weighted by atomic mass is 9.98. The first-order valence-electron chi connectivity index (χ1n) is 9.15. The van der Waals surface area contributed by atoms with Crippen LogP contribution in [-0.2, 0) is 0 Å². The van der Waals surface area contributed by atoms with Crippen LogP contribution in [0.15, 0.2) is 48.5 Å². The van der Waals surface area contributed by atoms with E-state index in [4.69, 9.17) is 0 Å². The summed E-state index contributed by atoms with van der Waals surface area (Å²) in [5.41, 5.74) is 3.04. The van der Waals surface area contributed by atoms with Crippen LogP contribution < -0.4 is 0 Å². The Morgan fingerprint density at radius 2 is 2.04 bits per heavy atom. The van der Waals surface area contributed by atoms with Gasteiger partial charge in [0.2, 0.25) is 0 Å². The van der Waals surface area contributed by atoms with Crippen molar-refractivity contribution >= 4 is 5.91 Å². The molecule has 2 aromatic rings. The van der Waals surface area contributed by atoms with Crippen molar-refractivity contribution in [1.82, 2.24) is 9.80 Å². The molecule has 134 valence electrons. The lowest BCUT2D eigenvalue weighted by Crippen LogP contribution is -2.45. The van der Waals surface area contributed by atoms with E-state index in [0.29, 0.717) is 17.2 Å². The SMILES string of the molecule is CN(CC1CCCCN1C)C(=O)c1cccc(-c2ccccc2C#N)c1. The molecule has 4 nitrogen and oxygen atoms in total. The quantitative estimate of drug-likeness (QED) is 0.845. The van der Waals surface area contributed by atoms with E-state index in [2.05, 4.69) is 18.0 Å². The highest BCUT2D eigenvalue weighted by molar-refractivity contribution is 5.95. The number of rotatable bonds is 4. The number of hydrogen-bond acceptors (Lipinski definition) is 3. The van der Waals surface area contributed by atoms with Gasteiger partial charge in [0.05, 0.1) is 11.6 Å². The molecule has 1 amide bonds. The van der Waals surface area contributed by atoms with Gasteiger partial charge in [0.15, 0.2) is 0 Å². The number of carbonyl (C=O) groups excluding carboxylic acids is 1. The minimum Gasteiger partial charge on any atom is -0.340 e. The summed E-state index contributed by atoms with van der Waals surface area (Å²) >= 11 is 0. The first kappa shape index (κ1) is 18.2. The Morgan fingerprint density at radius 3 is 2.81 bits per heavy atom. The maximum absolute atomic E-state index is 12.9. The molecule has 1 aliphatic rings. The van der Waals surface area contributed by atoms with Crippen molar-refractivity contribution in [3.8, 4) is 17.2 Å². The van der Waals surface area contributed by atoms with Crippen LogP contribution in [0.5, 0.6) is 0 Å². The van der Waals surface area contributed by atoms with Gasteiger partial charge in [0.25, 0.3) is 5.91 Å². The fourth-order valence-corrected chi connectivity index (χ4v) is 3.65. The Hall–Kier alpha value is -2.64. The summed E-state index contributed by atoms with van der Waals surface area (Å²) in [5.74, 6) is 0.0280. The Morgan fingerprint density at radius 1 is 1.23 bits per heavy atom. The van der Waals surface area contributed by atoms with Crippen molar-refractivity contribution in [2.45, 2.75) is 25.3 Å². The summed E-state index contributed by atoms with van der Waals surface area (Å²) in [7, 11) is 4.02. The third kappa shape index (κ3) is 3.95. The Labute approximate surface area is 155 Å². The number of hydrogen-bond donors (Lipinski definition) is 0. The van der Waals surface area contributed by atoms with E-state index in [1.807, 2.05) is 54.4 Å². The van der Waals surface area contributed by atoms with Crippen molar-refractivity contribution < 1.29 is 4.79 Å². The summed E-state index contributed by atoms with van der Waals surface area (Å²) in [6.45, 7) is 1.85. The number of likely N-dealkylation sites (tertiary alicyclic amines) is 1. The van der Waals surface area contributed by atoms with Crippen LogP contribution in [-0.4, -0.2) is 48.9 Å². The highest BCUT2D eigenvalue weighted by Gasteiger charge is 2.23. The van der Waals surface area contributed by atoms with Crippen molar-refractivity contribution in [3.05, 3.63) is 59.7 Å². The van der Waals surface area contributed by atoms with E-state index in [1.54, 1.807) is 6.07 Å². The second-order valence-electron chi connectivity index (χ2n) is 7.05. The van der Waals surface area contributed by atoms with E-state index in [-0.39, 0.29) is 5.91 Å². The largest absolute Gasteiger partial charge is 0.340 e. The molecule has 0 radical (unpaired) electrons. The molecule has 26 heavy (non-hydrogen) atoms. The molecule has 0 saturated carbocycles. The topological polar surface area (TPSA) is 47.3 Å². The standard InChI is InChI=1S/C22H25N3O/c1-24-13-6-5-11-20(24)16-25(2)22(26)18-10-7-9-17(14-18)21-12-4-3-8-19(21)15-23/h3-4,7-10,12,14,20H,5-6,11,13,16H2,1-2H3. The van der Waals surface area contributed by atoms with Gasteiger partial charge in [0.1, 0.15) is 0 Å². The van der Waals surface area contributed by atoms with E-state index in [9.17, 15) is 10.1 Å². The van der Waals surface area contributed by atoms with Crippen LogP contribution in [0.3, 0.4) is 0 Å². The van der Waals surface area contributed by atoms with Crippen LogP contribution in [0.25, 0.3) is 11.1 Å².